The summed E-state index contributed by atoms with van der Waals surface area (Å²) < 4.78 is 0. The lowest BCUT2D eigenvalue weighted by Gasteiger charge is -2.26. The Morgan fingerprint density at radius 2 is 1.30 bits per heavy atom. The molecule has 0 aliphatic rings. The molecule has 190 valence electrons. The number of hydrogen-bond donors (Lipinski definition) is 9. The number of nitrogens with one attached hydrogen (secondary N) is 3. The van der Waals surface area contributed by atoms with Gasteiger partial charge in [0.25, 0.3) is 0 Å². The molecular weight excluding hydrogens is 442 g/mol. The van der Waals surface area contributed by atoms with Gasteiger partial charge in [0.1, 0.15) is 18.1 Å². The van der Waals surface area contributed by atoms with E-state index in [0.29, 0.717) is 19.4 Å². The SMILES string of the molecule is CC(O)C(N)C(=O)NC(CCCCN)C(=O)NC(CCC(=O)O)C(=O)NC(C(=O)O)C(C)O. The average Bonchev–Trinajstić information content (AvgIpc) is 2.72. The Balaban J connectivity index is 5.57. The molecule has 0 aliphatic carbocycles. The molecule has 6 atom stereocenters. The normalized spacial score (nSPS) is 16.4. The summed E-state index contributed by atoms with van der Waals surface area (Å²) in [4.78, 5) is 59.8. The van der Waals surface area contributed by atoms with Crippen molar-refractivity contribution in [1.82, 2.24) is 16.0 Å². The Bertz CT molecular complexity index is 687. The van der Waals surface area contributed by atoms with E-state index in [0.717, 1.165) is 6.92 Å². The van der Waals surface area contributed by atoms with Crippen LogP contribution in [-0.4, -0.2) is 93.0 Å². The fourth-order valence-electron chi connectivity index (χ4n) is 2.70. The van der Waals surface area contributed by atoms with E-state index in [1.54, 1.807) is 0 Å². The van der Waals surface area contributed by atoms with Crippen LogP contribution in [0.2, 0.25) is 0 Å². The van der Waals surface area contributed by atoms with Crippen molar-refractivity contribution in [3.63, 3.8) is 0 Å². The van der Waals surface area contributed by atoms with Gasteiger partial charge >= 0.3 is 11.9 Å². The molecule has 6 unspecified atom stereocenters. The van der Waals surface area contributed by atoms with E-state index < -0.39 is 72.5 Å². The Hall–Kier alpha value is -2.81. The molecular formula is C19H35N5O9. The van der Waals surface area contributed by atoms with Crippen molar-refractivity contribution in [2.75, 3.05) is 6.54 Å². The maximum atomic E-state index is 12.8. The first-order chi connectivity index (χ1) is 15.3. The summed E-state index contributed by atoms with van der Waals surface area (Å²) in [5.74, 6) is -5.47. The first-order valence-electron chi connectivity index (χ1n) is 10.5. The molecule has 0 aromatic heterocycles. The number of carboxylic acid groups (broad SMARTS) is 2. The van der Waals surface area contributed by atoms with Gasteiger partial charge in [-0.1, -0.05) is 0 Å². The molecule has 0 aromatic carbocycles. The second kappa shape index (κ2) is 15.1. The van der Waals surface area contributed by atoms with Gasteiger partial charge in [-0.05, 0) is 46.1 Å². The second-order valence-electron chi connectivity index (χ2n) is 7.67. The molecule has 0 rings (SSSR count). The summed E-state index contributed by atoms with van der Waals surface area (Å²) in [6.07, 6.45) is -2.50. The van der Waals surface area contributed by atoms with E-state index in [4.69, 9.17) is 21.7 Å². The van der Waals surface area contributed by atoms with Gasteiger partial charge in [0.2, 0.25) is 17.7 Å². The molecule has 0 saturated carbocycles. The Kier molecular flexibility index (Phi) is 13.8. The Morgan fingerprint density at radius 1 is 0.788 bits per heavy atom. The van der Waals surface area contributed by atoms with E-state index in [-0.39, 0.29) is 12.8 Å². The van der Waals surface area contributed by atoms with Crippen LogP contribution in [0.3, 0.4) is 0 Å². The zero-order chi connectivity index (χ0) is 25.7. The van der Waals surface area contributed by atoms with Crippen molar-refractivity contribution in [2.24, 2.45) is 11.5 Å². The van der Waals surface area contributed by atoms with Crippen LogP contribution in [0.1, 0.15) is 46.0 Å². The van der Waals surface area contributed by atoms with Gasteiger partial charge < -0.3 is 47.8 Å². The molecule has 33 heavy (non-hydrogen) atoms. The maximum absolute atomic E-state index is 12.8. The average molecular weight is 478 g/mol. The highest BCUT2D eigenvalue weighted by molar-refractivity contribution is 5.94. The number of rotatable bonds is 16. The van der Waals surface area contributed by atoms with Crippen LogP contribution in [0.4, 0.5) is 0 Å². The molecule has 0 saturated heterocycles. The summed E-state index contributed by atoms with van der Waals surface area (Å²) in [5, 5.41) is 43.9. The number of aliphatic hydroxyl groups is 2. The summed E-state index contributed by atoms with van der Waals surface area (Å²) in [7, 11) is 0. The van der Waals surface area contributed by atoms with Gasteiger partial charge in [-0.25, -0.2) is 4.79 Å². The number of carbonyl (C=O) groups excluding carboxylic acids is 3. The quantitative estimate of drug-likeness (QED) is 0.0990. The number of aliphatic hydroxyl groups excluding tert-OH is 2. The third kappa shape index (κ3) is 11.6. The van der Waals surface area contributed by atoms with Crippen LogP contribution in [0, 0.1) is 0 Å². The number of carbonyl (C=O) groups is 5. The molecule has 0 heterocycles. The number of nitrogens with two attached hydrogens (primary N) is 2. The van der Waals surface area contributed by atoms with Gasteiger partial charge in [0, 0.05) is 6.42 Å². The molecule has 3 amide bonds. The minimum Gasteiger partial charge on any atom is -0.481 e. The minimum absolute atomic E-state index is 0.111. The molecule has 0 radical (unpaired) electrons. The lowest BCUT2D eigenvalue weighted by Crippen LogP contribution is -2.59. The van der Waals surface area contributed by atoms with Crippen LogP contribution in [0.5, 0.6) is 0 Å². The van der Waals surface area contributed by atoms with Crippen LogP contribution in [0.25, 0.3) is 0 Å². The molecule has 0 aromatic rings. The van der Waals surface area contributed by atoms with Crippen molar-refractivity contribution in [3.05, 3.63) is 0 Å². The van der Waals surface area contributed by atoms with Crippen LogP contribution in [-0.2, 0) is 24.0 Å². The molecule has 14 heteroatoms. The van der Waals surface area contributed by atoms with Gasteiger partial charge in [0.05, 0.1) is 12.2 Å². The highest BCUT2D eigenvalue weighted by Crippen LogP contribution is 2.06. The minimum atomic E-state index is -1.69. The van der Waals surface area contributed by atoms with Crippen LogP contribution < -0.4 is 27.4 Å². The smallest absolute Gasteiger partial charge is 0.328 e. The third-order valence-corrected chi connectivity index (χ3v) is 4.73. The first kappa shape index (κ1) is 30.2. The summed E-state index contributed by atoms with van der Waals surface area (Å²) in [5.41, 5.74) is 11.0. The zero-order valence-corrected chi connectivity index (χ0v) is 18.7. The standard InChI is InChI=1S/C19H35N5O9/c1-9(25)14(21)18(31)23-11(5-3-4-8-20)16(29)22-12(6-7-13(27)28)17(30)24-15(10(2)26)19(32)33/h9-12,14-15,25-26H,3-8,20-21H2,1-2H3,(H,22,29)(H,23,31)(H,24,30)(H,27,28)(H,32,33). The van der Waals surface area contributed by atoms with Crippen molar-refractivity contribution in [1.29, 1.82) is 0 Å². The largest absolute Gasteiger partial charge is 0.481 e. The van der Waals surface area contributed by atoms with Crippen molar-refractivity contribution < 1.29 is 44.4 Å². The molecule has 0 bridgehead atoms. The van der Waals surface area contributed by atoms with Gasteiger partial charge in [-0.15, -0.1) is 0 Å². The summed E-state index contributed by atoms with van der Waals surface area (Å²) in [6, 6.07) is -5.65. The monoisotopic (exact) mass is 477 g/mol. The lowest BCUT2D eigenvalue weighted by atomic mass is 10.0. The van der Waals surface area contributed by atoms with E-state index in [2.05, 4.69) is 16.0 Å². The second-order valence-corrected chi connectivity index (χ2v) is 7.67. The van der Waals surface area contributed by atoms with E-state index in [9.17, 15) is 34.2 Å². The first-order valence-corrected chi connectivity index (χ1v) is 10.5. The predicted molar refractivity (Wildman–Crippen MR) is 115 cm³/mol. The third-order valence-electron chi connectivity index (χ3n) is 4.73. The molecule has 0 fully saturated rings. The fourth-order valence-corrected chi connectivity index (χ4v) is 2.70. The summed E-state index contributed by atoms with van der Waals surface area (Å²) >= 11 is 0. The molecule has 0 aliphatic heterocycles. The summed E-state index contributed by atoms with van der Waals surface area (Å²) in [6.45, 7) is 2.76. The fraction of sp³-hybridized carbons (Fsp3) is 0.737. The van der Waals surface area contributed by atoms with E-state index in [1.807, 2.05) is 0 Å². The topological polar surface area (TPSA) is 254 Å². The number of amides is 3. The van der Waals surface area contributed by atoms with Crippen molar-refractivity contribution >= 4 is 29.7 Å². The maximum Gasteiger partial charge on any atom is 0.328 e. The zero-order valence-electron chi connectivity index (χ0n) is 18.7. The lowest BCUT2D eigenvalue weighted by molar-refractivity contribution is -0.145. The van der Waals surface area contributed by atoms with E-state index in [1.165, 1.54) is 6.92 Å². The van der Waals surface area contributed by atoms with Gasteiger partial charge in [-0.2, -0.15) is 0 Å². The highest BCUT2D eigenvalue weighted by Gasteiger charge is 2.32. The van der Waals surface area contributed by atoms with Crippen molar-refractivity contribution in [2.45, 2.75) is 82.3 Å². The number of hydrogen-bond acceptors (Lipinski definition) is 9. The molecule has 11 N–H and O–H groups in total. The Morgan fingerprint density at radius 3 is 1.76 bits per heavy atom. The number of aliphatic carboxylic acids is 2. The van der Waals surface area contributed by atoms with Gasteiger partial charge in [0.15, 0.2) is 6.04 Å². The molecule has 0 spiro atoms. The molecule has 14 nitrogen and oxygen atoms in total. The van der Waals surface area contributed by atoms with Crippen molar-refractivity contribution in [3.8, 4) is 0 Å². The van der Waals surface area contributed by atoms with Crippen LogP contribution >= 0.6 is 0 Å². The highest BCUT2D eigenvalue weighted by atomic mass is 16.4. The van der Waals surface area contributed by atoms with Crippen LogP contribution in [0.15, 0.2) is 0 Å². The number of unbranched alkanes of at least 4 members (excludes halogenated alkanes) is 1. The predicted octanol–water partition coefficient (Wildman–Crippen LogP) is -3.39. The van der Waals surface area contributed by atoms with Gasteiger partial charge in [-0.3, -0.25) is 19.2 Å². The number of carboxylic acids is 2. The van der Waals surface area contributed by atoms with E-state index >= 15 is 0 Å². The Labute approximate surface area is 191 Å².